The number of fused-ring (bicyclic) bond motifs is 1. The van der Waals surface area contributed by atoms with E-state index in [1.807, 2.05) is 26.0 Å². The second-order valence-corrected chi connectivity index (χ2v) is 5.84. The summed E-state index contributed by atoms with van der Waals surface area (Å²) >= 11 is 0. The Morgan fingerprint density at radius 2 is 1.86 bits per heavy atom. The monoisotopic (exact) mass is 297 g/mol. The van der Waals surface area contributed by atoms with Gasteiger partial charge in [0, 0.05) is 19.2 Å². The minimum Gasteiger partial charge on any atom is -0.333 e. The van der Waals surface area contributed by atoms with Crippen molar-refractivity contribution in [2.24, 2.45) is 0 Å². The smallest absolute Gasteiger partial charge is 0.274 e. The van der Waals surface area contributed by atoms with E-state index in [-0.39, 0.29) is 17.5 Å². The normalized spacial score (nSPS) is 14.0. The molecule has 5 heteroatoms. The van der Waals surface area contributed by atoms with Crippen LogP contribution in [0.3, 0.4) is 0 Å². The van der Waals surface area contributed by atoms with Gasteiger partial charge >= 0.3 is 0 Å². The van der Waals surface area contributed by atoms with Gasteiger partial charge in [-0.05, 0) is 37.5 Å². The number of carbonyl (C=O) groups excluding carboxylic acids is 1. The summed E-state index contributed by atoms with van der Waals surface area (Å²) in [5.74, 6) is -0.121. The van der Waals surface area contributed by atoms with E-state index in [0.29, 0.717) is 18.8 Å². The van der Waals surface area contributed by atoms with Gasteiger partial charge in [0.2, 0.25) is 0 Å². The standard InChI is InChI=1S/C17H19N3O2/c1-12(2)20-16(21)8-7-15(18-20)17(22)19-10-9-13-5-3-4-6-14(13)11-19/h3-8,12H,9-11H2,1-2H3. The summed E-state index contributed by atoms with van der Waals surface area (Å²) in [5.41, 5.74) is 2.62. The Morgan fingerprint density at radius 1 is 1.14 bits per heavy atom. The average Bonchev–Trinajstić information content (AvgIpc) is 2.54. The van der Waals surface area contributed by atoms with Crippen LogP contribution in [-0.2, 0) is 13.0 Å². The van der Waals surface area contributed by atoms with Crippen LogP contribution >= 0.6 is 0 Å². The Morgan fingerprint density at radius 3 is 2.59 bits per heavy atom. The van der Waals surface area contributed by atoms with Crippen molar-refractivity contribution in [2.75, 3.05) is 6.54 Å². The van der Waals surface area contributed by atoms with E-state index in [0.717, 1.165) is 6.42 Å². The van der Waals surface area contributed by atoms with Crippen LogP contribution in [0.15, 0.2) is 41.2 Å². The van der Waals surface area contributed by atoms with E-state index in [4.69, 9.17) is 0 Å². The molecular weight excluding hydrogens is 278 g/mol. The molecule has 0 saturated carbocycles. The summed E-state index contributed by atoms with van der Waals surface area (Å²) in [5, 5.41) is 4.22. The molecule has 1 aromatic heterocycles. The summed E-state index contributed by atoms with van der Waals surface area (Å²) in [4.78, 5) is 26.2. The molecule has 0 fully saturated rings. The van der Waals surface area contributed by atoms with Gasteiger partial charge in [-0.1, -0.05) is 24.3 Å². The number of amides is 1. The van der Waals surface area contributed by atoms with Gasteiger partial charge < -0.3 is 4.90 Å². The van der Waals surface area contributed by atoms with Crippen LogP contribution in [-0.4, -0.2) is 27.1 Å². The summed E-state index contributed by atoms with van der Waals surface area (Å²) in [7, 11) is 0. The van der Waals surface area contributed by atoms with Gasteiger partial charge in [0.25, 0.3) is 11.5 Å². The third-order valence-electron chi connectivity index (χ3n) is 3.95. The molecule has 0 atom stereocenters. The van der Waals surface area contributed by atoms with E-state index in [1.165, 1.54) is 27.9 Å². The average molecular weight is 297 g/mol. The SMILES string of the molecule is CC(C)n1nc(C(=O)N2CCc3ccccc3C2)ccc1=O. The lowest BCUT2D eigenvalue weighted by molar-refractivity contribution is 0.0725. The molecule has 0 unspecified atom stereocenters. The Balaban J connectivity index is 1.86. The number of hydrogen-bond donors (Lipinski definition) is 0. The number of hydrogen-bond acceptors (Lipinski definition) is 3. The summed E-state index contributed by atoms with van der Waals surface area (Å²) < 4.78 is 1.35. The van der Waals surface area contributed by atoms with Gasteiger partial charge in [-0.3, -0.25) is 9.59 Å². The minimum absolute atomic E-state index is 0.0673. The first-order valence-electron chi connectivity index (χ1n) is 7.52. The second-order valence-electron chi connectivity index (χ2n) is 5.84. The van der Waals surface area contributed by atoms with Crippen molar-refractivity contribution < 1.29 is 4.79 Å². The fourth-order valence-corrected chi connectivity index (χ4v) is 2.74. The second kappa shape index (κ2) is 5.75. The maximum absolute atomic E-state index is 12.6. The van der Waals surface area contributed by atoms with Gasteiger partial charge in [-0.25, -0.2) is 4.68 Å². The lowest BCUT2D eigenvalue weighted by Crippen LogP contribution is -2.37. The zero-order valence-electron chi connectivity index (χ0n) is 12.8. The maximum Gasteiger partial charge on any atom is 0.274 e. The molecule has 0 spiro atoms. The molecule has 1 aromatic carbocycles. The molecule has 0 saturated heterocycles. The van der Waals surface area contributed by atoms with Gasteiger partial charge in [-0.15, -0.1) is 0 Å². The van der Waals surface area contributed by atoms with Crippen LogP contribution in [0.25, 0.3) is 0 Å². The number of nitrogens with zero attached hydrogens (tertiary/aromatic N) is 3. The van der Waals surface area contributed by atoms with Crippen LogP contribution < -0.4 is 5.56 Å². The molecule has 2 aromatic rings. The molecule has 1 aliphatic heterocycles. The number of benzene rings is 1. The van der Waals surface area contributed by atoms with Crippen molar-refractivity contribution in [1.82, 2.24) is 14.7 Å². The van der Waals surface area contributed by atoms with Gasteiger partial charge in [-0.2, -0.15) is 5.10 Å². The predicted octanol–water partition coefficient (Wildman–Crippen LogP) is 2.02. The van der Waals surface area contributed by atoms with E-state index >= 15 is 0 Å². The molecule has 0 radical (unpaired) electrons. The molecule has 3 rings (SSSR count). The fraction of sp³-hybridized carbons (Fsp3) is 0.353. The van der Waals surface area contributed by atoms with E-state index in [9.17, 15) is 9.59 Å². The highest BCUT2D eigenvalue weighted by atomic mass is 16.2. The van der Waals surface area contributed by atoms with Crippen molar-refractivity contribution in [3.05, 3.63) is 63.6 Å². The molecule has 0 aliphatic carbocycles. The topological polar surface area (TPSA) is 55.2 Å². The molecule has 0 bridgehead atoms. The number of carbonyl (C=O) groups is 1. The summed E-state index contributed by atoms with van der Waals surface area (Å²) in [6, 6.07) is 11.0. The van der Waals surface area contributed by atoms with E-state index in [1.54, 1.807) is 4.90 Å². The Bertz CT molecular complexity index is 764. The third kappa shape index (κ3) is 2.66. The van der Waals surface area contributed by atoms with Gasteiger partial charge in [0.1, 0.15) is 5.69 Å². The van der Waals surface area contributed by atoms with Gasteiger partial charge in [0.05, 0.1) is 6.04 Å². The van der Waals surface area contributed by atoms with Gasteiger partial charge in [0.15, 0.2) is 0 Å². The maximum atomic E-state index is 12.6. The molecule has 114 valence electrons. The lowest BCUT2D eigenvalue weighted by atomic mass is 10.00. The first-order chi connectivity index (χ1) is 10.6. The highest BCUT2D eigenvalue weighted by Gasteiger charge is 2.23. The Hall–Kier alpha value is -2.43. The lowest BCUT2D eigenvalue weighted by Gasteiger charge is -2.28. The molecular formula is C17H19N3O2. The van der Waals surface area contributed by atoms with E-state index in [2.05, 4.69) is 17.2 Å². The molecule has 5 nitrogen and oxygen atoms in total. The van der Waals surface area contributed by atoms with E-state index < -0.39 is 0 Å². The van der Waals surface area contributed by atoms with Crippen molar-refractivity contribution in [2.45, 2.75) is 32.9 Å². The predicted molar refractivity (Wildman–Crippen MR) is 83.8 cm³/mol. The zero-order chi connectivity index (χ0) is 15.7. The van der Waals surface area contributed by atoms with Crippen LogP contribution in [0.2, 0.25) is 0 Å². The summed E-state index contributed by atoms with van der Waals surface area (Å²) in [6.45, 7) is 5.02. The van der Waals surface area contributed by atoms with Crippen molar-refractivity contribution in [1.29, 1.82) is 0 Å². The van der Waals surface area contributed by atoms with Crippen molar-refractivity contribution in [3.8, 4) is 0 Å². The van der Waals surface area contributed by atoms with Crippen LogP contribution in [0.4, 0.5) is 0 Å². The van der Waals surface area contributed by atoms with Crippen LogP contribution in [0, 0.1) is 0 Å². The largest absolute Gasteiger partial charge is 0.333 e. The van der Waals surface area contributed by atoms with Crippen LogP contribution in [0.1, 0.15) is 41.5 Å². The quantitative estimate of drug-likeness (QED) is 0.852. The first-order valence-corrected chi connectivity index (χ1v) is 7.52. The fourth-order valence-electron chi connectivity index (χ4n) is 2.74. The highest BCUT2D eigenvalue weighted by Crippen LogP contribution is 2.19. The summed E-state index contributed by atoms with van der Waals surface area (Å²) in [6.07, 6.45) is 0.853. The minimum atomic E-state index is -0.185. The highest BCUT2D eigenvalue weighted by molar-refractivity contribution is 5.92. The third-order valence-corrected chi connectivity index (χ3v) is 3.95. The van der Waals surface area contributed by atoms with Crippen molar-refractivity contribution >= 4 is 5.91 Å². The molecule has 22 heavy (non-hydrogen) atoms. The molecule has 0 N–H and O–H groups in total. The molecule has 1 aliphatic rings. The zero-order valence-corrected chi connectivity index (χ0v) is 12.8. The molecule has 1 amide bonds. The van der Waals surface area contributed by atoms with Crippen LogP contribution in [0.5, 0.6) is 0 Å². The first kappa shape index (κ1) is 14.5. The Labute approximate surface area is 129 Å². The molecule has 2 heterocycles. The number of rotatable bonds is 2. The Kier molecular flexibility index (Phi) is 3.79. The van der Waals surface area contributed by atoms with Crippen molar-refractivity contribution in [3.63, 3.8) is 0 Å². The number of aromatic nitrogens is 2.